The molecule has 4 rings (SSSR count). The summed E-state index contributed by atoms with van der Waals surface area (Å²) in [6.07, 6.45) is 4.29. The Balaban J connectivity index is 1.46. The van der Waals surface area contributed by atoms with Crippen LogP contribution in [-0.4, -0.2) is 55.8 Å². The zero-order chi connectivity index (χ0) is 17.2. The van der Waals surface area contributed by atoms with E-state index in [2.05, 4.69) is 42.8 Å². The molecule has 1 aromatic carbocycles. The predicted molar refractivity (Wildman–Crippen MR) is 107 cm³/mol. The molecular formula is C19H23BrClN3O. The number of pyridine rings is 1. The third-order valence-corrected chi connectivity index (χ3v) is 6.06. The fourth-order valence-electron chi connectivity index (χ4n) is 3.91. The van der Waals surface area contributed by atoms with Crippen LogP contribution in [-0.2, 0) is 4.74 Å². The van der Waals surface area contributed by atoms with Crippen LogP contribution in [0.15, 0.2) is 28.9 Å². The van der Waals surface area contributed by atoms with Crippen LogP contribution in [0.5, 0.6) is 0 Å². The molecule has 2 aliphatic heterocycles. The van der Waals surface area contributed by atoms with Crippen LogP contribution in [0.4, 0.5) is 5.69 Å². The van der Waals surface area contributed by atoms with E-state index in [-0.39, 0.29) is 0 Å². The van der Waals surface area contributed by atoms with Gasteiger partial charge in [0.05, 0.1) is 10.5 Å². The molecule has 2 saturated heterocycles. The van der Waals surface area contributed by atoms with E-state index < -0.39 is 0 Å². The van der Waals surface area contributed by atoms with Crippen LogP contribution in [0, 0.1) is 5.92 Å². The van der Waals surface area contributed by atoms with Crippen molar-refractivity contribution < 1.29 is 4.74 Å². The first-order chi connectivity index (χ1) is 12.2. The van der Waals surface area contributed by atoms with Gasteiger partial charge in [-0.3, -0.25) is 9.88 Å². The molecule has 6 heteroatoms. The van der Waals surface area contributed by atoms with Gasteiger partial charge in [0.25, 0.3) is 0 Å². The number of ether oxygens (including phenoxy) is 1. The minimum absolute atomic E-state index is 0.698. The van der Waals surface area contributed by atoms with E-state index in [1.807, 2.05) is 12.3 Å². The van der Waals surface area contributed by atoms with Crippen LogP contribution in [0.2, 0.25) is 5.02 Å². The number of aromatic nitrogens is 1. The number of hydrogen-bond acceptors (Lipinski definition) is 4. The number of halogens is 2. The Morgan fingerprint density at radius 1 is 1.16 bits per heavy atom. The summed E-state index contributed by atoms with van der Waals surface area (Å²) in [5.41, 5.74) is 2.12. The summed E-state index contributed by atoms with van der Waals surface area (Å²) in [5.74, 6) is 0.803. The number of piperazine rings is 1. The van der Waals surface area contributed by atoms with Gasteiger partial charge >= 0.3 is 0 Å². The zero-order valence-electron chi connectivity index (χ0n) is 14.3. The van der Waals surface area contributed by atoms with Crippen molar-refractivity contribution >= 4 is 44.1 Å². The Morgan fingerprint density at radius 3 is 2.68 bits per heavy atom. The highest BCUT2D eigenvalue weighted by molar-refractivity contribution is 9.10. The summed E-state index contributed by atoms with van der Waals surface area (Å²) >= 11 is 9.93. The van der Waals surface area contributed by atoms with Crippen molar-refractivity contribution in [2.24, 2.45) is 5.92 Å². The van der Waals surface area contributed by atoms with E-state index in [4.69, 9.17) is 16.3 Å². The van der Waals surface area contributed by atoms with Crippen molar-refractivity contribution in [1.82, 2.24) is 9.88 Å². The molecule has 134 valence electrons. The minimum Gasteiger partial charge on any atom is -0.381 e. The summed E-state index contributed by atoms with van der Waals surface area (Å²) < 4.78 is 6.47. The molecule has 0 atom stereocenters. The fraction of sp³-hybridized carbons (Fsp3) is 0.526. The molecular weight excluding hydrogens is 402 g/mol. The second kappa shape index (κ2) is 7.78. The van der Waals surface area contributed by atoms with Crippen molar-refractivity contribution in [2.75, 3.05) is 50.8 Å². The van der Waals surface area contributed by atoms with Gasteiger partial charge in [0.2, 0.25) is 0 Å². The fourth-order valence-corrected chi connectivity index (χ4v) is 4.76. The average molecular weight is 425 g/mol. The monoisotopic (exact) mass is 423 g/mol. The third-order valence-electron chi connectivity index (χ3n) is 5.31. The van der Waals surface area contributed by atoms with Crippen molar-refractivity contribution in [3.8, 4) is 0 Å². The van der Waals surface area contributed by atoms with E-state index >= 15 is 0 Å². The van der Waals surface area contributed by atoms with E-state index in [0.717, 1.165) is 60.7 Å². The van der Waals surface area contributed by atoms with E-state index in [1.54, 1.807) is 0 Å². The summed E-state index contributed by atoms with van der Waals surface area (Å²) in [6.45, 7) is 7.41. The van der Waals surface area contributed by atoms with Crippen LogP contribution < -0.4 is 4.90 Å². The summed E-state index contributed by atoms with van der Waals surface area (Å²) in [4.78, 5) is 9.54. The summed E-state index contributed by atoms with van der Waals surface area (Å²) in [7, 11) is 0. The van der Waals surface area contributed by atoms with Gasteiger partial charge in [0.1, 0.15) is 0 Å². The molecule has 3 heterocycles. The maximum Gasteiger partial charge on any atom is 0.0909 e. The van der Waals surface area contributed by atoms with Gasteiger partial charge in [0.15, 0.2) is 0 Å². The molecule has 0 N–H and O–H groups in total. The van der Waals surface area contributed by atoms with Crippen molar-refractivity contribution in [3.05, 3.63) is 33.9 Å². The average Bonchev–Trinajstić information content (AvgIpc) is 2.63. The van der Waals surface area contributed by atoms with Gasteiger partial charge in [-0.15, -0.1) is 0 Å². The SMILES string of the molecule is Clc1cc(Br)cc2c(N3CCN(CC4CCOCC4)CC3)ccnc12. The van der Waals surface area contributed by atoms with E-state index in [9.17, 15) is 0 Å². The molecule has 25 heavy (non-hydrogen) atoms. The smallest absolute Gasteiger partial charge is 0.0909 e. The Hall–Kier alpha value is -0.880. The second-order valence-electron chi connectivity index (χ2n) is 6.96. The van der Waals surface area contributed by atoms with Crippen LogP contribution in [0.1, 0.15) is 12.8 Å². The van der Waals surface area contributed by atoms with Gasteiger partial charge in [-0.2, -0.15) is 0 Å². The lowest BCUT2D eigenvalue weighted by atomic mass is 9.99. The molecule has 0 aliphatic carbocycles. The summed E-state index contributed by atoms with van der Waals surface area (Å²) in [5, 5.41) is 1.82. The number of hydrogen-bond donors (Lipinski definition) is 0. The first-order valence-corrected chi connectivity index (χ1v) is 10.2. The Labute approximate surface area is 162 Å². The van der Waals surface area contributed by atoms with Gasteiger partial charge in [-0.05, 0) is 37.0 Å². The predicted octanol–water partition coefficient (Wildman–Crippen LogP) is 4.20. The van der Waals surface area contributed by atoms with Crippen LogP contribution >= 0.6 is 27.5 Å². The highest BCUT2D eigenvalue weighted by Crippen LogP contribution is 2.33. The van der Waals surface area contributed by atoms with Gasteiger partial charge in [0, 0.05) is 67.7 Å². The van der Waals surface area contributed by atoms with Crippen molar-refractivity contribution in [2.45, 2.75) is 12.8 Å². The van der Waals surface area contributed by atoms with E-state index in [0.29, 0.717) is 5.02 Å². The lowest BCUT2D eigenvalue weighted by Crippen LogP contribution is -2.48. The molecule has 0 amide bonds. The van der Waals surface area contributed by atoms with Crippen molar-refractivity contribution in [1.29, 1.82) is 0 Å². The van der Waals surface area contributed by atoms with Gasteiger partial charge in [-0.25, -0.2) is 0 Å². The Morgan fingerprint density at radius 2 is 1.92 bits per heavy atom. The number of anilines is 1. The molecule has 2 aliphatic rings. The van der Waals surface area contributed by atoms with Crippen LogP contribution in [0.3, 0.4) is 0 Å². The van der Waals surface area contributed by atoms with E-state index in [1.165, 1.54) is 25.1 Å². The van der Waals surface area contributed by atoms with Crippen molar-refractivity contribution in [3.63, 3.8) is 0 Å². The Kier molecular flexibility index (Phi) is 5.46. The quantitative estimate of drug-likeness (QED) is 0.738. The van der Waals surface area contributed by atoms with Gasteiger partial charge in [-0.1, -0.05) is 27.5 Å². The molecule has 0 spiro atoms. The molecule has 2 fully saturated rings. The molecule has 4 nitrogen and oxygen atoms in total. The molecule has 0 unspecified atom stereocenters. The molecule has 0 radical (unpaired) electrons. The van der Waals surface area contributed by atoms with Crippen LogP contribution in [0.25, 0.3) is 10.9 Å². The minimum atomic E-state index is 0.698. The maximum atomic E-state index is 6.38. The molecule has 0 bridgehead atoms. The number of fused-ring (bicyclic) bond motifs is 1. The number of rotatable bonds is 3. The molecule has 1 aromatic heterocycles. The highest BCUT2D eigenvalue weighted by atomic mass is 79.9. The highest BCUT2D eigenvalue weighted by Gasteiger charge is 2.23. The largest absolute Gasteiger partial charge is 0.381 e. The topological polar surface area (TPSA) is 28.6 Å². The second-order valence-corrected chi connectivity index (χ2v) is 8.28. The third kappa shape index (κ3) is 3.95. The Bertz CT molecular complexity index is 743. The van der Waals surface area contributed by atoms with Gasteiger partial charge < -0.3 is 9.64 Å². The molecule has 0 saturated carbocycles. The summed E-state index contributed by atoms with van der Waals surface area (Å²) in [6, 6.07) is 6.14. The normalized spacial score (nSPS) is 20.3. The zero-order valence-corrected chi connectivity index (χ0v) is 16.6. The standard InChI is InChI=1S/C19H23BrClN3O/c20-15-11-16-18(1-4-22-19(16)17(21)12-15)24-7-5-23(6-8-24)13-14-2-9-25-10-3-14/h1,4,11-12,14H,2-3,5-10,13H2. The lowest BCUT2D eigenvalue weighted by molar-refractivity contribution is 0.0517. The number of nitrogens with zero attached hydrogens (tertiary/aromatic N) is 3. The first-order valence-electron chi connectivity index (χ1n) is 8.99. The molecule has 2 aromatic rings. The maximum absolute atomic E-state index is 6.38. The first kappa shape index (κ1) is 17.5. The number of benzene rings is 1. The lowest BCUT2D eigenvalue weighted by Gasteiger charge is -2.38.